The van der Waals surface area contributed by atoms with Crippen LogP contribution in [0.5, 0.6) is 5.75 Å². The Labute approximate surface area is 156 Å². The summed E-state index contributed by atoms with van der Waals surface area (Å²) in [6.45, 7) is 2.90. The van der Waals surface area contributed by atoms with Gasteiger partial charge in [-0.2, -0.15) is 0 Å². The zero-order chi connectivity index (χ0) is 17.4. The predicted molar refractivity (Wildman–Crippen MR) is 103 cm³/mol. The molecular weight excluding hydrogens is 390 g/mol. The van der Waals surface area contributed by atoms with Gasteiger partial charge in [0, 0.05) is 15.7 Å². The average molecular weight is 411 g/mol. The molecule has 128 valence electrons. The summed E-state index contributed by atoms with van der Waals surface area (Å²) >= 11 is 9.35. The molecule has 0 aromatic heterocycles. The number of nitrogens with one attached hydrogen (secondary N) is 1. The van der Waals surface area contributed by atoms with Gasteiger partial charge in [0.25, 0.3) is 5.91 Å². The topological polar surface area (TPSA) is 38.3 Å². The fraction of sp³-hybridized carbons (Fsp3) is 0.316. The lowest BCUT2D eigenvalue weighted by Gasteiger charge is -2.08. The van der Waals surface area contributed by atoms with Crippen molar-refractivity contribution in [3.8, 4) is 5.75 Å². The Bertz CT molecular complexity index is 674. The van der Waals surface area contributed by atoms with E-state index in [1.54, 1.807) is 30.3 Å². The minimum Gasteiger partial charge on any atom is -0.494 e. The molecule has 0 unspecified atom stereocenters. The normalized spacial score (nSPS) is 10.5. The maximum atomic E-state index is 12.2. The van der Waals surface area contributed by atoms with Crippen molar-refractivity contribution in [3.05, 3.63) is 57.5 Å². The van der Waals surface area contributed by atoms with Crippen LogP contribution in [0, 0.1) is 0 Å². The van der Waals surface area contributed by atoms with Crippen molar-refractivity contribution in [3.63, 3.8) is 0 Å². The molecule has 0 saturated heterocycles. The molecule has 24 heavy (non-hydrogen) atoms. The summed E-state index contributed by atoms with van der Waals surface area (Å²) in [5, 5.41) is 3.38. The highest BCUT2D eigenvalue weighted by molar-refractivity contribution is 9.10. The van der Waals surface area contributed by atoms with Gasteiger partial charge in [-0.3, -0.25) is 4.79 Å². The Balaban J connectivity index is 1.87. The smallest absolute Gasteiger partial charge is 0.255 e. The van der Waals surface area contributed by atoms with Crippen molar-refractivity contribution < 1.29 is 9.53 Å². The number of ether oxygens (including phenoxy) is 1. The minimum absolute atomic E-state index is 0.178. The number of carbonyl (C=O) groups is 1. The summed E-state index contributed by atoms with van der Waals surface area (Å²) in [5.41, 5.74) is 1.23. The van der Waals surface area contributed by atoms with E-state index >= 15 is 0 Å². The van der Waals surface area contributed by atoms with Crippen molar-refractivity contribution in [2.24, 2.45) is 0 Å². The van der Waals surface area contributed by atoms with E-state index in [-0.39, 0.29) is 5.91 Å². The third kappa shape index (κ3) is 5.84. The van der Waals surface area contributed by atoms with Crippen LogP contribution in [0.1, 0.15) is 43.0 Å². The highest BCUT2D eigenvalue weighted by Gasteiger charge is 2.07. The minimum atomic E-state index is -0.178. The fourth-order valence-corrected chi connectivity index (χ4v) is 2.63. The predicted octanol–water partition coefficient (Wildman–Crippen LogP) is 6.31. The Kier molecular flexibility index (Phi) is 7.60. The molecule has 0 heterocycles. The molecule has 2 aromatic rings. The van der Waals surface area contributed by atoms with Crippen LogP contribution < -0.4 is 10.1 Å². The highest BCUT2D eigenvalue weighted by atomic mass is 79.9. The maximum Gasteiger partial charge on any atom is 0.255 e. The number of halogens is 2. The van der Waals surface area contributed by atoms with Crippen LogP contribution in [0.25, 0.3) is 0 Å². The van der Waals surface area contributed by atoms with Gasteiger partial charge in [-0.1, -0.05) is 37.8 Å². The van der Waals surface area contributed by atoms with Crippen LogP contribution in [-0.4, -0.2) is 12.5 Å². The number of unbranched alkanes of at least 4 members (excludes halogenated alkanes) is 3. The number of amides is 1. The van der Waals surface area contributed by atoms with Gasteiger partial charge < -0.3 is 10.1 Å². The molecule has 0 radical (unpaired) electrons. The summed E-state index contributed by atoms with van der Waals surface area (Å²) in [5.74, 6) is 0.609. The molecule has 0 saturated carbocycles. The van der Waals surface area contributed by atoms with Crippen LogP contribution in [0.3, 0.4) is 0 Å². The van der Waals surface area contributed by atoms with Gasteiger partial charge in [-0.15, -0.1) is 0 Å². The van der Waals surface area contributed by atoms with E-state index in [1.165, 1.54) is 19.3 Å². The molecule has 0 bridgehead atoms. The van der Waals surface area contributed by atoms with Gasteiger partial charge >= 0.3 is 0 Å². The third-order valence-electron chi connectivity index (χ3n) is 3.56. The first-order chi connectivity index (χ1) is 11.6. The first-order valence-electron chi connectivity index (χ1n) is 8.09. The number of rotatable bonds is 8. The van der Waals surface area contributed by atoms with Gasteiger partial charge in [0.05, 0.1) is 11.6 Å². The van der Waals surface area contributed by atoms with Gasteiger partial charge in [-0.05, 0) is 64.8 Å². The first kappa shape index (κ1) is 18.8. The number of hydrogen-bond donors (Lipinski definition) is 1. The Hall–Kier alpha value is -1.52. The quantitative estimate of drug-likeness (QED) is 0.517. The van der Waals surface area contributed by atoms with E-state index in [2.05, 4.69) is 28.2 Å². The van der Waals surface area contributed by atoms with Gasteiger partial charge in [0.2, 0.25) is 0 Å². The molecule has 1 N–H and O–H groups in total. The molecule has 0 aliphatic heterocycles. The Morgan fingerprint density at radius 1 is 1.12 bits per heavy atom. The number of anilines is 1. The molecule has 0 spiro atoms. The van der Waals surface area contributed by atoms with Gasteiger partial charge in [0.1, 0.15) is 5.75 Å². The standard InChI is InChI=1S/C19H21BrClNO2/c1-2-3-4-5-12-24-16-9-6-14(7-10-16)19(23)22-15-8-11-17(20)18(21)13-15/h6-11,13H,2-5,12H2,1H3,(H,22,23). The van der Waals surface area contributed by atoms with E-state index in [0.29, 0.717) is 22.9 Å². The highest BCUT2D eigenvalue weighted by Crippen LogP contribution is 2.26. The van der Waals surface area contributed by atoms with Crippen molar-refractivity contribution in [1.82, 2.24) is 0 Å². The van der Waals surface area contributed by atoms with Crippen LogP contribution >= 0.6 is 27.5 Å². The molecule has 0 aliphatic rings. The van der Waals surface area contributed by atoms with Crippen LogP contribution in [-0.2, 0) is 0 Å². The molecular formula is C19H21BrClNO2. The second-order valence-corrected chi connectivity index (χ2v) is 6.78. The van der Waals surface area contributed by atoms with Crippen LogP contribution in [0.15, 0.2) is 46.9 Å². The lowest BCUT2D eigenvalue weighted by molar-refractivity contribution is 0.102. The molecule has 0 fully saturated rings. The molecule has 3 nitrogen and oxygen atoms in total. The Morgan fingerprint density at radius 2 is 1.88 bits per heavy atom. The lowest BCUT2D eigenvalue weighted by Crippen LogP contribution is -2.11. The van der Waals surface area contributed by atoms with Gasteiger partial charge in [0.15, 0.2) is 0 Å². The van der Waals surface area contributed by atoms with Crippen molar-refractivity contribution in [2.45, 2.75) is 32.6 Å². The number of benzene rings is 2. The van der Waals surface area contributed by atoms with E-state index in [1.807, 2.05) is 12.1 Å². The summed E-state index contributed by atoms with van der Waals surface area (Å²) in [6.07, 6.45) is 4.70. The molecule has 2 aromatic carbocycles. The van der Waals surface area contributed by atoms with Crippen molar-refractivity contribution >= 4 is 39.1 Å². The number of hydrogen-bond acceptors (Lipinski definition) is 2. The van der Waals surface area contributed by atoms with E-state index in [9.17, 15) is 4.79 Å². The molecule has 1 amide bonds. The monoisotopic (exact) mass is 409 g/mol. The third-order valence-corrected chi connectivity index (χ3v) is 4.79. The van der Waals surface area contributed by atoms with Crippen LogP contribution in [0.4, 0.5) is 5.69 Å². The largest absolute Gasteiger partial charge is 0.494 e. The van der Waals surface area contributed by atoms with Gasteiger partial charge in [-0.25, -0.2) is 0 Å². The van der Waals surface area contributed by atoms with Crippen LogP contribution in [0.2, 0.25) is 5.02 Å². The van der Waals surface area contributed by atoms with E-state index in [4.69, 9.17) is 16.3 Å². The zero-order valence-corrected chi connectivity index (χ0v) is 16.0. The molecule has 0 aliphatic carbocycles. The second kappa shape index (κ2) is 9.70. The Morgan fingerprint density at radius 3 is 2.54 bits per heavy atom. The fourth-order valence-electron chi connectivity index (χ4n) is 2.20. The average Bonchev–Trinajstić information content (AvgIpc) is 2.58. The van der Waals surface area contributed by atoms with E-state index < -0.39 is 0 Å². The molecule has 0 atom stereocenters. The summed E-state index contributed by atoms with van der Waals surface area (Å²) in [4.78, 5) is 12.2. The SMILES string of the molecule is CCCCCCOc1ccc(C(=O)Nc2ccc(Br)c(Cl)c2)cc1. The van der Waals surface area contributed by atoms with Crippen molar-refractivity contribution in [1.29, 1.82) is 0 Å². The molecule has 5 heteroatoms. The zero-order valence-electron chi connectivity index (χ0n) is 13.6. The summed E-state index contributed by atoms with van der Waals surface area (Å²) in [6, 6.07) is 12.5. The maximum absolute atomic E-state index is 12.2. The van der Waals surface area contributed by atoms with E-state index in [0.717, 1.165) is 16.6 Å². The first-order valence-corrected chi connectivity index (χ1v) is 9.26. The van der Waals surface area contributed by atoms with Crippen molar-refractivity contribution in [2.75, 3.05) is 11.9 Å². The number of carbonyl (C=O) groups excluding carboxylic acids is 1. The second-order valence-electron chi connectivity index (χ2n) is 5.52. The lowest BCUT2D eigenvalue weighted by atomic mass is 10.2. The molecule has 2 rings (SSSR count). The summed E-state index contributed by atoms with van der Waals surface area (Å²) in [7, 11) is 0. The summed E-state index contributed by atoms with van der Waals surface area (Å²) < 4.78 is 6.47.